The highest BCUT2D eigenvalue weighted by Crippen LogP contribution is 1.85. The van der Waals surface area contributed by atoms with Crippen LogP contribution in [0, 0.1) is 6.42 Å². The Kier molecular flexibility index (Phi) is 3.65. The maximum absolute atomic E-state index is 8.52. The maximum atomic E-state index is 8.52. The van der Waals surface area contributed by atoms with E-state index in [1.54, 1.807) is 0 Å². The number of hydrogen-bond acceptors (Lipinski definition) is 2. The Morgan fingerprint density at radius 1 is 1.71 bits per heavy atom. The van der Waals surface area contributed by atoms with Gasteiger partial charge in [0.1, 0.15) is 0 Å². The molecule has 0 aromatic heterocycles. The smallest absolute Gasteiger partial charge is 0.0773 e. The fourth-order valence-electron chi connectivity index (χ4n) is 0.204. The molecule has 0 aliphatic heterocycles. The molecule has 2 nitrogen and oxygen atoms in total. The van der Waals surface area contributed by atoms with Gasteiger partial charge in [-0.15, -0.1) is 6.58 Å². The van der Waals surface area contributed by atoms with Crippen molar-refractivity contribution in [1.82, 2.24) is 0 Å². The minimum absolute atomic E-state index is 0.104. The molecule has 0 saturated carbocycles. The summed E-state index contributed by atoms with van der Waals surface area (Å²) < 4.78 is 0. The first-order valence-electron chi connectivity index (χ1n) is 2.06. The molecule has 7 heavy (non-hydrogen) atoms. The van der Waals surface area contributed by atoms with E-state index in [0.717, 1.165) is 0 Å². The van der Waals surface area contributed by atoms with E-state index in [1.165, 1.54) is 12.5 Å². The first-order chi connectivity index (χ1) is 3.31. The Morgan fingerprint density at radius 3 is 2.43 bits per heavy atom. The Balaban J connectivity index is 2.98. The molecule has 0 aliphatic carbocycles. The summed E-state index contributed by atoms with van der Waals surface area (Å²) in [5.41, 5.74) is 0. The summed E-state index contributed by atoms with van der Waals surface area (Å²) in [4.78, 5) is 0. The van der Waals surface area contributed by atoms with Gasteiger partial charge in [0, 0.05) is 13.0 Å². The van der Waals surface area contributed by atoms with Crippen molar-refractivity contribution in [2.75, 3.05) is 6.61 Å². The molecule has 2 N–H and O–H groups in total. The summed E-state index contributed by atoms with van der Waals surface area (Å²) >= 11 is 0. The molecule has 2 heteroatoms. The molecule has 0 saturated heterocycles. The molecule has 41 valence electrons. The van der Waals surface area contributed by atoms with Crippen LogP contribution in [0.3, 0.4) is 0 Å². The number of hydrogen-bond donors (Lipinski definition) is 2. The van der Waals surface area contributed by atoms with Crippen LogP contribution in [-0.2, 0) is 0 Å². The minimum atomic E-state index is -0.662. The fraction of sp³-hybridized carbons (Fsp3) is 0.400. The van der Waals surface area contributed by atoms with Crippen LogP contribution in [0.2, 0.25) is 0 Å². The van der Waals surface area contributed by atoms with Crippen molar-refractivity contribution >= 4 is 0 Å². The summed E-state index contributed by atoms with van der Waals surface area (Å²) in [6.07, 6.45) is 2.02. The standard InChI is InChI=1S/C5H9O2/c1-2-5(7)3-4-6/h2-3,5-7H,1,4H2. The van der Waals surface area contributed by atoms with Crippen LogP contribution in [0.15, 0.2) is 12.7 Å². The van der Waals surface area contributed by atoms with Gasteiger partial charge < -0.3 is 10.2 Å². The molecule has 0 aromatic rings. The van der Waals surface area contributed by atoms with Gasteiger partial charge in [0.25, 0.3) is 0 Å². The van der Waals surface area contributed by atoms with Crippen molar-refractivity contribution in [3.05, 3.63) is 19.1 Å². The van der Waals surface area contributed by atoms with Crippen molar-refractivity contribution in [2.45, 2.75) is 6.10 Å². The molecule has 1 radical (unpaired) electrons. The van der Waals surface area contributed by atoms with E-state index in [2.05, 4.69) is 6.58 Å². The van der Waals surface area contributed by atoms with Crippen molar-refractivity contribution in [1.29, 1.82) is 0 Å². The van der Waals surface area contributed by atoms with Crippen LogP contribution in [0.5, 0.6) is 0 Å². The predicted octanol–water partition coefficient (Wildman–Crippen LogP) is -0.270. The third-order valence-electron chi connectivity index (χ3n) is 0.588. The lowest BCUT2D eigenvalue weighted by Crippen LogP contribution is -2.04. The highest BCUT2D eigenvalue weighted by Gasteiger charge is 1.92. The molecule has 0 heterocycles. The fourth-order valence-corrected chi connectivity index (χ4v) is 0.204. The Bertz CT molecular complexity index is 52.0. The highest BCUT2D eigenvalue weighted by molar-refractivity contribution is 4.88. The lowest BCUT2D eigenvalue weighted by atomic mass is 10.3. The zero-order chi connectivity index (χ0) is 5.70. The van der Waals surface area contributed by atoms with Gasteiger partial charge in [-0.05, 0) is 0 Å². The van der Waals surface area contributed by atoms with Gasteiger partial charge in [-0.1, -0.05) is 6.08 Å². The minimum Gasteiger partial charge on any atom is -0.396 e. The lowest BCUT2D eigenvalue weighted by Gasteiger charge is -1.96. The summed E-state index contributed by atoms with van der Waals surface area (Å²) in [6.45, 7) is 3.18. The summed E-state index contributed by atoms with van der Waals surface area (Å²) in [5, 5.41) is 16.6. The van der Waals surface area contributed by atoms with Gasteiger partial charge in [0.05, 0.1) is 6.10 Å². The molecule has 0 fully saturated rings. The molecule has 0 aliphatic rings. The van der Waals surface area contributed by atoms with E-state index >= 15 is 0 Å². The van der Waals surface area contributed by atoms with E-state index in [-0.39, 0.29) is 6.61 Å². The van der Waals surface area contributed by atoms with Crippen LogP contribution in [0.4, 0.5) is 0 Å². The van der Waals surface area contributed by atoms with Gasteiger partial charge >= 0.3 is 0 Å². The monoisotopic (exact) mass is 101 g/mol. The van der Waals surface area contributed by atoms with Crippen molar-refractivity contribution in [2.24, 2.45) is 0 Å². The van der Waals surface area contributed by atoms with Crippen LogP contribution < -0.4 is 0 Å². The molecule has 0 spiro atoms. The van der Waals surface area contributed by atoms with Crippen LogP contribution in [0.25, 0.3) is 0 Å². The van der Waals surface area contributed by atoms with Gasteiger partial charge in [0.15, 0.2) is 0 Å². The number of rotatable bonds is 3. The van der Waals surface area contributed by atoms with Crippen LogP contribution in [-0.4, -0.2) is 22.9 Å². The quantitative estimate of drug-likeness (QED) is 0.480. The molecule has 1 unspecified atom stereocenters. The molecule has 0 amide bonds. The number of aliphatic hydroxyl groups excluding tert-OH is 2. The van der Waals surface area contributed by atoms with E-state index in [0.29, 0.717) is 0 Å². The van der Waals surface area contributed by atoms with Gasteiger partial charge in [-0.2, -0.15) is 0 Å². The van der Waals surface area contributed by atoms with E-state index in [4.69, 9.17) is 10.2 Å². The molecule has 0 rings (SSSR count). The first kappa shape index (κ1) is 6.66. The van der Waals surface area contributed by atoms with Gasteiger partial charge in [-0.25, -0.2) is 0 Å². The van der Waals surface area contributed by atoms with Crippen LogP contribution in [0.1, 0.15) is 0 Å². The average Bonchev–Trinajstić information content (AvgIpc) is 1.68. The zero-order valence-corrected chi connectivity index (χ0v) is 4.04. The molecule has 0 aromatic carbocycles. The van der Waals surface area contributed by atoms with Gasteiger partial charge in [0.2, 0.25) is 0 Å². The lowest BCUT2D eigenvalue weighted by molar-refractivity contribution is 0.222. The Hall–Kier alpha value is -0.340. The summed E-state index contributed by atoms with van der Waals surface area (Å²) in [5.74, 6) is 0. The molecular formula is C5H9O2. The van der Waals surface area contributed by atoms with Gasteiger partial charge in [-0.3, -0.25) is 0 Å². The van der Waals surface area contributed by atoms with Crippen molar-refractivity contribution in [3.63, 3.8) is 0 Å². The summed E-state index contributed by atoms with van der Waals surface area (Å²) in [6, 6.07) is 0. The Morgan fingerprint density at radius 2 is 2.29 bits per heavy atom. The first-order valence-corrected chi connectivity index (χ1v) is 2.06. The second-order valence-corrected chi connectivity index (χ2v) is 1.14. The van der Waals surface area contributed by atoms with Crippen molar-refractivity contribution in [3.8, 4) is 0 Å². The summed E-state index contributed by atoms with van der Waals surface area (Å²) in [7, 11) is 0. The third kappa shape index (κ3) is 3.49. The zero-order valence-electron chi connectivity index (χ0n) is 4.04. The highest BCUT2D eigenvalue weighted by atomic mass is 16.3. The normalized spacial score (nSPS) is 13.4. The molecule has 0 bridgehead atoms. The third-order valence-corrected chi connectivity index (χ3v) is 0.588. The van der Waals surface area contributed by atoms with E-state index in [1.807, 2.05) is 0 Å². The largest absolute Gasteiger partial charge is 0.396 e. The SMILES string of the molecule is C=CC(O)[CH]CO. The van der Waals surface area contributed by atoms with Crippen molar-refractivity contribution < 1.29 is 10.2 Å². The average molecular weight is 101 g/mol. The second kappa shape index (κ2) is 3.84. The maximum Gasteiger partial charge on any atom is 0.0773 e. The van der Waals surface area contributed by atoms with Crippen LogP contribution >= 0.6 is 0 Å². The predicted molar refractivity (Wildman–Crippen MR) is 27.6 cm³/mol. The van der Waals surface area contributed by atoms with E-state index < -0.39 is 6.10 Å². The molecular weight excluding hydrogens is 92.1 g/mol. The second-order valence-electron chi connectivity index (χ2n) is 1.14. The topological polar surface area (TPSA) is 40.5 Å². The number of aliphatic hydroxyl groups is 2. The molecule has 1 atom stereocenters. The van der Waals surface area contributed by atoms with E-state index in [9.17, 15) is 0 Å². The Labute approximate surface area is 43.1 Å².